The topological polar surface area (TPSA) is 74.2 Å². The summed E-state index contributed by atoms with van der Waals surface area (Å²) in [6.45, 7) is 0. The summed E-state index contributed by atoms with van der Waals surface area (Å²) >= 11 is 0. The van der Waals surface area contributed by atoms with Gasteiger partial charge in [-0.2, -0.15) is 0 Å². The molecule has 1 N–H and O–H groups in total. The monoisotopic (exact) mass is 418 g/mol. The van der Waals surface area contributed by atoms with Crippen molar-refractivity contribution in [2.75, 3.05) is 21.3 Å². The fourth-order valence-electron chi connectivity index (χ4n) is 4.13. The molecule has 0 amide bonds. The van der Waals surface area contributed by atoms with Gasteiger partial charge in [-0.1, -0.05) is 36.4 Å². The number of aliphatic hydroxyl groups excluding tert-OH is 1. The summed E-state index contributed by atoms with van der Waals surface area (Å²) < 4.78 is 22.3. The number of carbonyl (C=O) groups is 1. The number of fused-ring (bicyclic) bond motifs is 1. The van der Waals surface area contributed by atoms with E-state index in [0.29, 0.717) is 30.4 Å². The zero-order chi connectivity index (χ0) is 20.9. The third kappa shape index (κ3) is 5.05. The largest absolute Gasteiger partial charge is 0.500 e. The van der Waals surface area contributed by atoms with Crippen molar-refractivity contribution in [1.82, 2.24) is 0 Å². The molecule has 29 heavy (non-hydrogen) atoms. The summed E-state index contributed by atoms with van der Waals surface area (Å²) in [6.07, 6.45) is 1.81. The molecule has 1 fully saturated rings. The second-order valence-corrected chi connectivity index (χ2v) is 10.6. The van der Waals surface area contributed by atoms with Gasteiger partial charge in [-0.25, -0.2) is 4.79 Å². The second-order valence-electron chi connectivity index (χ2n) is 7.55. The van der Waals surface area contributed by atoms with Crippen molar-refractivity contribution in [2.45, 2.75) is 43.9 Å². The molecule has 3 atom stereocenters. The molecule has 7 heteroatoms. The molecular weight excluding hydrogens is 388 g/mol. The Morgan fingerprint density at radius 2 is 1.72 bits per heavy atom. The van der Waals surface area contributed by atoms with E-state index in [1.54, 1.807) is 27.4 Å². The zero-order valence-electron chi connectivity index (χ0n) is 17.3. The lowest BCUT2D eigenvalue weighted by Gasteiger charge is -2.34. The van der Waals surface area contributed by atoms with E-state index in [-0.39, 0.29) is 5.97 Å². The third-order valence-corrected chi connectivity index (χ3v) is 8.69. The Morgan fingerprint density at radius 3 is 2.45 bits per heavy atom. The molecule has 0 heterocycles. The fourth-order valence-corrected chi connectivity index (χ4v) is 6.00. The normalized spacial score (nSPS) is 22.6. The van der Waals surface area contributed by atoms with Crippen molar-refractivity contribution >= 4 is 25.5 Å². The molecule has 0 aliphatic heterocycles. The minimum Gasteiger partial charge on any atom is -0.456 e. The highest BCUT2D eigenvalue weighted by Crippen LogP contribution is 2.33. The predicted octanol–water partition coefficient (Wildman–Crippen LogP) is 3.79. The van der Waals surface area contributed by atoms with Crippen LogP contribution < -0.4 is 0 Å². The molecule has 0 aromatic heterocycles. The van der Waals surface area contributed by atoms with Gasteiger partial charge in [0.25, 0.3) is 0 Å². The van der Waals surface area contributed by atoms with Crippen molar-refractivity contribution in [1.29, 1.82) is 0 Å². The maximum Gasteiger partial charge on any atom is 0.500 e. The van der Waals surface area contributed by atoms with Crippen molar-refractivity contribution in [3.05, 3.63) is 48.0 Å². The average Bonchev–Trinajstić information content (AvgIpc) is 2.76. The van der Waals surface area contributed by atoms with Crippen LogP contribution in [-0.4, -0.2) is 53.4 Å². The van der Waals surface area contributed by atoms with E-state index in [4.69, 9.17) is 18.0 Å². The molecule has 0 spiro atoms. The summed E-state index contributed by atoms with van der Waals surface area (Å²) in [6, 6.07) is 14.0. The van der Waals surface area contributed by atoms with Crippen LogP contribution in [0.2, 0.25) is 6.04 Å². The molecule has 2 aromatic carbocycles. The maximum absolute atomic E-state index is 12.8. The van der Waals surface area contributed by atoms with Crippen molar-refractivity contribution in [2.24, 2.45) is 5.92 Å². The molecule has 1 aliphatic carbocycles. The number of benzene rings is 2. The highest BCUT2D eigenvalue weighted by molar-refractivity contribution is 6.60. The van der Waals surface area contributed by atoms with Crippen molar-refractivity contribution in [3.8, 4) is 0 Å². The van der Waals surface area contributed by atoms with Crippen LogP contribution in [0, 0.1) is 5.92 Å². The highest BCUT2D eigenvalue weighted by Gasteiger charge is 2.40. The van der Waals surface area contributed by atoms with Gasteiger partial charge >= 0.3 is 14.8 Å². The molecule has 3 unspecified atom stereocenters. The molecule has 6 nitrogen and oxygen atoms in total. The van der Waals surface area contributed by atoms with E-state index in [1.165, 1.54) is 0 Å². The minimum atomic E-state index is -2.63. The Kier molecular flexibility index (Phi) is 7.42. The van der Waals surface area contributed by atoms with Crippen LogP contribution in [0.5, 0.6) is 0 Å². The lowest BCUT2D eigenvalue weighted by atomic mass is 9.83. The average molecular weight is 419 g/mol. The first-order chi connectivity index (χ1) is 14.0. The first-order valence-electron chi connectivity index (χ1n) is 10.0. The number of carbonyl (C=O) groups excluding carboxylic acids is 1. The SMILES string of the molecule is CO[Si](CCC1CCC(O)C(OC(=O)c2cccc3ccccc23)C1)(OC)OC. The standard InChI is InChI=1S/C22H30O6Si/c1-25-29(26-2,27-3)14-13-16-11-12-20(23)21(15-16)28-22(24)19-10-6-8-17-7-4-5-9-18(17)19/h4-10,16,20-21,23H,11-15H2,1-3H3. The van der Waals surface area contributed by atoms with Gasteiger partial charge in [0.1, 0.15) is 6.10 Å². The van der Waals surface area contributed by atoms with Crippen LogP contribution in [0.1, 0.15) is 36.0 Å². The number of ether oxygens (including phenoxy) is 1. The number of esters is 1. The van der Waals surface area contributed by atoms with Gasteiger partial charge in [0, 0.05) is 27.4 Å². The smallest absolute Gasteiger partial charge is 0.456 e. The summed E-state index contributed by atoms with van der Waals surface area (Å²) in [5, 5.41) is 12.3. The molecule has 0 radical (unpaired) electrons. The number of hydrogen-bond acceptors (Lipinski definition) is 6. The van der Waals surface area contributed by atoms with E-state index in [0.717, 1.165) is 23.6 Å². The van der Waals surface area contributed by atoms with E-state index in [9.17, 15) is 9.90 Å². The number of hydrogen-bond donors (Lipinski definition) is 1. The van der Waals surface area contributed by atoms with Gasteiger partial charge in [0.05, 0.1) is 11.7 Å². The minimum absolute atomic E-state index is 0.316. The third-order valence-electron chi connectivity index (χ3n) is 5.93. The molecule has 3 rings (SSSR count). The van der Waals surface area contributed by atoms with E-state index >= 15 is 0 Å². The lowest BCUT2D eigenvalue weighted by Crippen LogP contribution is -2.44. The molecule has 1 aliphatic rings. The Hall–Kier alpha value is -1.77. The van der Waals surface area contributed by atoms with Crippen LogP contribution in [0.25, 0.3) is 10.8 Å². The van der Waals surface area contributed by atoms with E-state index in [1.807, 2.05) is 36.4 Å². The summed E-state index contributed by atoms with van der Waals surface area (Å²) in [5.41, 5.74) is 0.530. The van der Waals surface area contributed by atoms with Crippen LogP contribution in [-0.2, 0) is 18.0 Å². The Morgan fingerprint density at radius 1 is 1.03 bits per heavy atom. The number of rotatable bonds is 8. The van der Waals surface area contributed by atoms with Crippen LogP contribution >= 0.6 is 0 Å². The molecule has 1 saturated carbocycles. The predicted molar refractivity (Wildman–Crippen MR) is 113 cm³/mol. The van der Waals surface area contributed by atoms with Crippen LogP contribution in [0.15, 0.2) is 42.5 Å². The van der Waals surface area contributed by atoms with Gasteiger partial charge < -0.3 is 23.1 Å². The van der Waals surface area contributed by atoms with Crippen molar-refractivity contribution in [3.63, 3.8) is 0 Å². The molecular formula is C22H30O6Si. The molecule has 2 aromatic rings. The molecule has 158 valence electrons. The Bertz CT molecular complexity index is 808. The summed E-state index contributed by atoms with van der Waals surface area (Å²) in [7, 11) is 2.20. The first kappa shape index (κ1) is 21.9. The van der Waals surface area contributed by atoms with Gasteiger partial charge in [-0.05, 0) is 48.4 Å². The van der Waals surface area contributed by atoms with Crippen LogP contribution in [0.3, 0.4) is 0 Å². The Labute approximate surface area is 173 Å². The summed E-state index contributed by atoms with van der Waals surface area (Å²) in [5.74, 6) is -0.0723. The van der Waals surface area contributed by atoms with Gasteiger partial charge in [0.15, 0.2) is 0 Å². The zero-order valence-corrected chi connectivity index (χ0v) is 18.3. The fraction of sp³-hybridized carbons (Fsp3) is 0.500. The first-order valence-corrected chi connectivity index (χ1v) is 12.0. The molecule has 0 saturated heterocycles. The molecule has 0 bridgehead atoms. The van der Waals surface area contributed by atoms with E-state index < -0.39 is 21.0 Å². The van der Waals surface area contributed by atoms with Gasteiger partial charge in [0.2, 0.25) is 0 Å². The van der Waals surface area contributed by atoms with Crippen molar-refractivity contribution < 1.29 is 27.9 Å². The van der Waals surface area contributed by atoms with Gasteiger partial charge in [-0.3, -0.25) is 0 Å². The highest BCUT2D eigenvalue weighted by atomic mass is 28.4. The van der Waals surface area contributed by atoms with Crippen LogP contribution in [0.4, 0.5) is 0 Å². The quantitative estimate of drug-likeness (QED) is 0.519. The Balaban J connectivity index is 1.66. The van der Waals surface area contributed by atoms with E-state index in [2.05, 4.69) is 0 Å². The lowest BCUT2D eigenvalue weighted by molar-refractivity contribution is -0.0482. The van der Waals surface area contributed by atoms with Gasteiger partial charge in [-0.15, -0.1) is 0 Å². The maximum atomic E-state index is 12.8. The second kappa shape index (κ2) is 9.82. The number of aliphatic hydroxyl groups is 1. The summed E-state index contributed by atoms with van der Waals surface area (Å²) in [4.78, 5) is 12.8.